The molecule has 1 saturated carbocycles. The first kappa shape index (κ1) is 9.76. The van der Waals surface area contributed by atoms with Crippen LogP contribution in [0.1, 0.15) is 46.5 Å². The maximum Gasteiger partial charge on any atom is 0.00893 e. The van der Waals surface area contributed by atoms with E-state index in [9.17, 15) is 0 Å². The van der Waals surface area contributed by atoms with Crippen LogP contribution in [0.2, 0.25) is 0 Å². The maximum atomic E-state index is 7.67. The second-order valence-corrected chi connectivity index (χ2v) is 4.64. The highest BCUT2D eigenvalue weighted by molar-refractivity contribution is 5.81. The fraction of sp³-hybridized carbons (Fsp3) is 0.909. The molecule has 0 aromatic carbocycles. The molecule has 0 aromatic heterocycles. The summed E-state index contributed by atoms with van der Waals surface area (Å²) < 4.78 is 0. The quantitative estimate of drug-likeness (QED) is 0.456. The van der Waals surface area contributed by atoms with Crippen LogP contribution in [-0.4, -0.2) is 5.71 Å². The van der Waals surface area contributed by atoms with Crippen molar-refractivity contribution in [2.45, 2.75) is 46.5 Å². The van der Waals surface area contributed by atoms with Crippen molar-refractivity contribution in [1.82, 2.24) is 0 Å². The standard InChI is InChI=1S/C11H21N/c1-8-4-5-9(2)7-11(6-8)10(3)12/h8-9,11-12H,4-7H2,1-3H3/t8-,9?,11?/m0/s1. The molecule has 2 unspecified atom stereocenters. The molecule has 0 aromatic rings. The molecule has 0 saturated heterocycles. The number of hydrogen-bond donors (Lipinski definition) is 1. The van der Waals surface area contributed by atoms with Crippen LogP contribution in [0.5, 0.6) is 0 Å². The minimum atomic E-state index is 0.581. The van der Waals surface area contributed by atoms with Gasteiger partial charge < -0.3 is 5.41 Å². The Balaban J connectivity index is 2.55. The molecule has 12 heavy (non-hydrogen) atoms. The molecule has 1 nitrogen and oxygen atoms in total. The molecule has 3 atom stereocenters. The Kier molecular flexibility index (Phi) is 3.30. The van der Waals surface area contributed by atoms with Crippen LogP contribution in [0.25, 0.3) is 0 Å². The lowest BCUT2D eigenvalue weighted by Crippen LogP contribution is -2.13. The minimum absolute atomic E-state index is 0.581. The summed E-state index contributed by atoms with van der Waals surface area (Å²) in [5.41, 5.74) is 0.899. The third-order valence-electron chi connectivity index (χ3n) is 3.14. The first-order valence-electron chi connectivity index (χ1n) is 5.14. The molecule has 0 spiro atoms. The lowest BCUT2D eigenvalue weighted by Gasteiger charge is -2.16. The fourth-order valence-corrected chi connectivity index (χ4v) is 2.23. The van der Waals surface area contributed by atoms with Crippen molar-refractivity contribution < 1.29 is 0 Å². The summed E-state index contributed by atoms with van der Waals surface area (Å²) in [5.74, 6) is 2.25. The molecule has 70 valence electrons. The van der Waals surface area contributed by atoms with Crippen LogP contribution >= 0.6 is 0 Å². The molecule has 0 radical (unpaired) electrons. The smallest absolute Gasteiger partial charge is 0.00893 e. The molecular weight excluding hydrogens is 146 g/mol. The van der Waals surface area contributed by atoms with E-state index in [4.69, 9.17) is 5.41 Å². The van der Waals surface area contributed by atoms with E-state index in [1.165, 1.54) is 25.7 Å². The van der Waals surface area contributed by atoms with Gasteiger partial charge in [0.15, 0.2) is 0 Å². The highest BCUT2D eigenvalue weighted by Gasteiger charge is 2.22. The zero-order valence-corrected chi connectivity index (χ0v) is 8.56. The van der Waals surface area contributed by atoms with Crippen LogP contribution in [0.3, 0.4) is 0 Å². The minimum Gasteiger partial charge on any atom is -0.310 e. The van der Waals surface area contributed by atoms with E-state index in [0.29, 0.717) is 5.92 Å². The lowest BCUT2D eigenvalue weighted by molar-refractivity contribution is 0.462. The third-order valence-corrected chi connectivity index (χ3v) is 3.14. The summed E-state index contributed by atoms with van der Waals surface area (Å²) in [6.45, 7) is 6.62. The molecule has 1 rings (SSSR count). The summed E-state index contributed by atoms with van der Waals surface area (Å²) in [6.07, 6.45) is 5.23. The molecule has 0 heterocycles. The second kappa shape index (κ2) is 4.06. The van der Waals surface area contributed by atoms with Gasteiger partial charge in [0.1, 0.15) is 0 Å². The Morgan fingerprint density at radius 3 is 1.83 bits per heavy atom. The fourth-order valence-electron chi connectivity index (χ4n) is 2.23. The van der Waals surface area contributed by atoms with Crippen molar-refractivity contribution in [3.63, 3.8) is 0 Å². The molecule has 0 amide bonds. The monoisotopic (exact) mass is 167 g/mol. The summed E-state index contributed by atoms with van der Waals surface area (Å²) in [7, 11) is 0. The lowest BCUT2D eigenvalue weighted by atomic mass is 9.89. The Labute approximate surface area is 76.1 Å². The van der Waals surface area contributed by atoms with E-state index in [1.54, 1.807) is 0 Å². The highest BCUT2D eigenvalue weighted by Crippen LogP contribution is 2.31. The van der Waals surface area contributed by atoms with E-state index < -0.39 is 0 Å². The van der Waals surface area contributed by atoms with E-state index >= 15 is 0 Å². The molecule has 1 N–H and O–H groups in total. The maximum absolute atomic E-state index is 7.67. The molecule has 1 fully saturated rings. The van der Waals surface area contributed by atoms with Gasteiger partial charge in [0, 0.05) is 5.71 Å². The summed E-state index contributed by atoms with van der Waals surface area (Å²) in [6, 6.07) is 0. The van der Waals surface area contributed by atoms with Gasteiger partial charge in [0.05, 0.1) is 0 Å². The topological polar surface area (TPSA) is 23.9 Å². The van der Waals surface area contributed by atoms with Crippen molar-refractivity contribution in [2.75, 3.05) is 0 Å². The third kappa shape index (κ3) is 2.62. The average molecular weight is 167 g/mol. The van der Waals surface area contributed by atoms with Gasteiger partial charge in [-0.1, -0.05) is 26.7 Å². The molecule has 0 aliphatic heterocycles. The Morgan fingerprint density at radius 2 is 1.50 bits per heavy atom. The van der Waals surface area contributed by atoms with Crippen molar-refractivity contribution in [2.24, 2.45) is 17.8 Å². The number of hydrogen-bond acceptors (Lipinski definition) is 1. The van der Waals surface area contributed by atoms with Crippen LogP contribution in [0.4, 0.5) is 0 Å². The van der Waals surface area contributed by atoms with Gasteiger partial charge in [0.2, 0.25) is 0 Å². The number of nitrogens with one attached hydrogen (secondary N) is 1. The average Bonchev–Trinajstić information content (AvgIpc) is 2.13. The summed E-state index contributed by atoms with van der Waals surface area (Å²) in [5, 5.41) is 7.67. The normalized spacial score (nSPS) is 37.4. The molecule has 1 aliphatic rings. The summed E-state index contributed by atoms with van der Waals surface area (Å²) in [4.78, 5) is 0. The molecular formula is C11H21N. The number of rotatable bonds is 1. The molecule has 1 aliphatic carbocycles. The van der Waals surface area contributed by atoms with Crippen LogP contribution in [-0.2, 0) is 0 Å². The Bertz CT molecular complexity index is 150. The largest absolute Gasteiger partial charge is 0.310 e. The van der Waals surface area contributed by atoms with E-state index in [1.807, 2.05) is 6.92 Å². The van der Waals surface area contributed by atoms with Gasteiger partial charge in [-0.05, 0) is 37.5 Å². The van der Waals surface area contributed by atoms with Gasteiger partial charge in [-0.25, -0.2) is 0 Å². The highest BCUT2D eigenvalue weighted by atomic mass is 14.4. The van der Waals surface area contributed by atoms with Crippen molar-refractivity contribution in [1.29, 1.82) is 5.41 Å². The second-order valence-electron chi connectivity index (χ2n) is 4.64. The van der Waals surface area contributed by atoms with Crippen molar-refractivity contribution in [3.05, 3.63) is 0 Å². The predicted molar refractivity (Wildman–Crippen MR) is 53.7 cm³/mol. The van der Waals surface area contributed by atoms with E-state index in [0.717, 1.165) is 17.5 Å². The zero-order valence-electron chi connectivity index (χ0n) is 8.56. The zero-order chi connectivity index (χ0) is 9.14. The van der Waals surface area contributed by atoms with E-state index in [2.05, 4.69) is 13.8 Å². The first-order chi connectivity index (χ1) is 5.59. The summed E-state index contributed by atoms with van der Waals surface area (Å²) >= 11 is 0. The predicted octanol–water partition coefficient (Wildman–Crippen LogP) is 3.49. The van der Waals surface area contributed by atoms with Gasteiger partial charge in [-0.3, -0.25) is 0 Å². The van der Waals surface area contributed by atoms with Gasteiger partial charge in [-0.15, -0.1) is 0 Å². The van der Waals surface area contributed by atoms with Gasteiger partial charge in [-0.2, -0.15) is 0 Å². The van der Waals surface area contributed by atoms with Crippen LogP contribution in [0.15, 0.2) is 0 Å². The van der Waals surface area contributed by atoms with Crippen molar-refractivity contribution >= 4 is 5.71 Å². The van der Waals surface area contributed by atoms with Crippen LogP contribution in [0, 0.1) is 23.2 Å². The Morgan fingerprint density at radius 1 is 1.08 bits per heavy atom. The first-order valence-corrected chi connectivity index (χ1v) is 5.14. The molecule has 1 heteroatoms. The van der Waals surface area contributed by atoms with Gasteiger partial charge in [0.25, 0.3) is 0 Å². The SMILES string of the molecule is CC(=N)C1CC(C)CC[C@H](C)C1. The van der Waals surface area contributed by atoms with E-state index in [-0.39, 0.29) is 0 Å². The van der Waals surface area contributed by atoms with Gasteiger partial charge >= 0.3 is 0 Å². The molecule has 0 bridgehead atoms. The Hall–Kier alpha value is -0.330. The van der Waals surface area contributed by atoms with Crippen LogP contribution < -0.4 is 0 Å². The van der Waals surface area contributed by atoms with Crippen molar-refractivity contribution in [3.8, 4) is 0 Å².